The van der Waals surface area contributed by atoms with Crippen LogP contribution >= 0.6 is 11.6 Å². The van der Waals surface area contributed by atoms with Gasteiger partial charge in [-0.25, -0.2) is 0 Å². The maximum Gasteiger partial charge on any atom is 0.255 e. The van der Waals surface area contributed by atoms with Crippen LogP contribution in [-0.2, 0) is 0 Å². The number of anilines is 2. The van der Waals surface area contributed by atoms with Gasteiger partial charge in [0.25, 0.3) is 5.91 Å². The molecule has 0 unspecified atom stereocenters. The number of hydrogen-bond acceptors (Lipinski definition) is 3. The Labute approximate surface area is 128 Å². The van der Waals surface area contributed by atoms with Crippen molar-refractivity contribution >= 4 is 28.9 Å². The van der Waals surface area contributed by atoms with Crippen molar-refractivity contribution < 1.29 is 9.53 Å². The summed E-state index contributed by atoms with van der Waals surface area (Å²) in [5.74, 6) is 0.337. The zero-order chi connectivity index (χ0) is 15.2. The van der Waals surface area contributed by atoms with Gasteiger partial charge in [0.2, 0.25) is 0 Å². The van der Waals surface area contributed by atoms with E-state index in [1.54, 1.807) is 42.5 Å². The van der Waals surface area contributed by atoms with Gasteiger partial charge in [-0.05, 0) is 42.8 Å². The number of hydrogen-bond donors (Lipinski definition) is 2. The van der Waals surface area contributed by atoms with Crippen LogP contribution in [0.4, 0.5) is 11.4 Å². The van der Waals surface area contributed by atoms with E-state index in [-0.39, 0.29) is 5.91 Å². The Bertz CT molecular complexity index is 644. The summed E-state index contributed by atoms with van der Waals surface area (Å²) in [6, 6.07) is 11.9. The number of rotatable bonds is 5. The Hall–Kier alpha value is -2.20. The monoisotopic (exact) mass is 304 g/mol. The van der Waals surface area contributed by atoms with Crippen LogP contribution in [0.1, 0.15) is 23.7 Å². The summed E-state index contributed by atoms with van der Waals surface area (Å²) < 4.78 is 5.60. The second-order valence-corrected chi connectivity index (χ2v) is 5.00. The molecule has 4 nitrogen and oxygen atoms in total. The first kappa shape index (κ1) is 15.2. The maximum absolute atomic E-state index is 12.2. The number of carbonyl (C=O) groups excluding carboxylic acids is 1. The van der Waals surface area contributed by atoms with Gasteiger partial charge in [-0.3, -0.25) is 4.79 Å². The van der Waals surface area contributed by atoms with Crippen molar-refractivity contribution in [1.82, 2.24) is 0 Å². The standard InChI is InChI=1S/C16H17ClN2O2/c1-2-8-21-15-7-6-12(17)10-14(15)19-16(20)11-4-3-5-13(18)9-11/h3-7,9-10H,2,8,18H2,1H3,(H,19,20). The number of ether oxygens (including phenoxy) is 1. The van der Waals surface area contributed by atoms with Gasteiger partial charge in [-0.2, -0.15) is 0 Å². The summed E-state index contributed by atoms with van der Waals surface area (Å²) >= 11 is 5.98. The molecule has 0 aliphatic carbocycles. The van der Waals surface area contributed by atoms with Crippen LogP contribution in [0.3, 0.4) is 0 Å². The summed E-state index contributed by atoms with van der Waals surface area (Å²) in [5.41, 5.74) is 7.25. The molecule has 0 fully saturated rings. The Morgan fingerprint density at radius 3 is 2.81 bits per heavy atom. The Morgan fingerprint density at radius 2 is 2.10 bits per heavy atom. The molecule has 1 amide bonds. The van der Waals surface area contributed by atoms with Crippen LogP contribution in [0.2, 0.25) is 5.02 Å². The van der Waals surface area contributed by atoms with E-state index in [1.165, 1.54) is 0 Å². The molecule has 0 saturated carbocycles. The van der Waals surface area contributed by atoms with E-state index in [0.717, 1.165) is 6.42 Å². The van der Waals surface area contributed by atoms with Crippen molar-refractivity contribution in [3.63, 3.8) is 0 Å². The van der Waals surface area contributed by atoms with Crippen molar-refractivity contribution in [2.24, 2.45) is 0 Å². The van der Waals surface area contributed by atoms with Gasteiger partial charge in [-0.15, -0.1) is 0 Å². The first-order chi connectivity index (χ1) is 10.1. The largest absolute Gasteiger partial charge is 0.491 e. The Balaban J connectivity index is 2.21. The highest BCUT2D eigenvalue weighted by molar-refractivity contribution is 6.31. The van der Waals surface area contributed by atoms with Gasteiger partial charge in [0, 0.05) is 16.3 Å². The fraction of sp³-hybridized carbons (Fsp3) is 0.188. The van der Waals surface area contributed by atoms with Crippen molar-refractivity contribution in [1.29, 1.82) is 0 Å². The summed E-state index contributed by atoms with van der Waals surface area (Å²) in [7, 11) is 0. The highest BCUT2D eigenvalue weighted by Crippen LogP contribution is 2.28. The molecule has 0 bridgehead atoms. The molecule has 0 atom stereocenters. The highest BCUT2D eigenvalue weighted by Gasteiger charge is 2.11. The lowest BCUT2D eigenvalue weighted by molar-refractivity contribution is 0.102. The third-order valence-electron chi connectivity index (χ3n) is 2.80. The minimum Gasteiger partial charge on any atom is -0.491 e. The van der Waals surface area contributed by atoms with Crippen LogP contribution in [-0.4, -0.2) is 12.5 Å². The molecule has 2 aromatic carbocycles. The predicted molar refractivity (Wildman–Crippen MR) is 86.0 cm³/mol. The normalized spacial score (nSPS) is 10.2. The summed E-state index contributed by atoms with van der Waals surface area (Å²) in [6.07, 6.45) is 0.880. The van der Waals surface area contributed by atoms with Gasteiger partial charge in [0.15, 0.2) is 0 Å². The van der Waals surface area contributed by atoms with Crippen molar-refractivity contribution in [3.8, 4) is 5.75 Å². The fourth-order valence-electron chi connectivity index (χ4n) is 1.81. The number of nitrogens with one attached hydrogen (secondary N) is 1. The number of nitrogens with two attached hydrogens (primary N) is 1. The lowest BCUT2D eigenvalue weighted by Crippen LogP contribution is -2.13. The number of benzene rings is 2. The Morgan fingerprint density at radius 1 is 1.29 bits per heavy atom. The van der Waals surface area contributed by atoms with E-state index in [4.69, 9.17) is 22.1 Å². The molecule has 110 valence electrons. The van der Waals surface area contributed by atoms with Crippen LogP contribution in [0.15, 0.2) is 42.5 Å². The van der Waals surface area contributed by atoms with Gasteiger partial charge in [0.05, 0.1) is 12.3 Å². The van der Waals surface area contributed by atoms with E-state index in [0.29, 0.717) is 34.3 Å². The third-order valence-corrected chi connectivity index (χ3v) is 3.04. The predicted octanol–water partition coefficient (Wildman–Crippen LogP) is 3.96. The average Bonchev–Trinajstić information content (AvgIpc) is 2.46. The molecule has 2 aromatic rings. The minimum absolute atomic E-state index is 0.258. The SMILES string of the molecule is CCCOc1ccc(Cl)cc1NC(=O)c1cccc(N)c1. The second kappa shape index (κ2) is 6.99. The Kier molecular flexibility index (Phi) is 5.06. The average molecular weight is 305 g/mol. The molecular weight excluding hydrogens is 288 g/mol. The molecule has 5 heteroatoms. The lowest BCUT2D eigenvalue weighted by atomic mass is 10.2. The molecule has 0 spiro atoms. The lowest BCUT2D eigenvalue weighted by Gasteiger charge is -2.12. The quantitative estimate of drug-likeness (QED) is 0.822. The van der Waals surface area contributed by atoms with E-state index in [9.17, 15) is 4.79 Å². The van der Waals surface area contributed by atoms with Crippen molar-refractivity contribution in [3.05, 3.63) is 53.1 Å². The molecule has 21 heavy (non-hydrogen) atoms. The molecule has 2 rings (SSSR count). The molecule has 3 N–H and O–H groups in total. The summed E-state index contributed by atoms with van der Waals surface area (Å²) in [4.78, 5) is 12.2. The third kappa shape index (κ3) is 4.13. The van der Waals surface area contributed by atoms with Gasteiger partial charge in [0.1, 0.15) is 5.75 Å². The number of halogens is 1. The van der Waals surface area contributed by atoms with E-state index >= 15 is 0 Å². The van der Waals surface area contributed by atoms with Crippen LogP contribution in [0.5, 0.6) is 5.75 Å². The first-order valence-corrected chi connectivity index (χ1v) is 7.07. The zero-order valence-electron chi connectivity index (χ0n) is 11.7. The smallest absolute Gasteiger partial charge is 0.255 e. The molecule has 0 aliphatic heterocycles. The maximum atomic E-state index is 12.2. The summed E-state index contributed by atoms with van der Waals surface area (Å²) in [5, 5.41) is 3.33. The number of amides is 1. The molecule has 0 aliphatic rings. The molecule has 0 heterocycles. The highest BCUT2D eigenvalue weighted by atomic mass is 35.5. The van der Waals surface area contributed by atoms with Crippen LogP contribution in [0.25, 0.3) is 0 Å². The van der Waals surface area contributed by atoms with Crippen molar-refractivity contribution in [2.45, 2.75) is 13.3 Å². The molecule has 0 aromatic heterocycles. The number of carbonyl (C=O) groups is 1. The van der Waals surface area contributed by atoms with Gasteiger partial charge < -0.3 is 15.8 Å². The summed E-state index contributed by atoms with van der Waals surface area (Å²) in [6.45, 7) is 2.59. The van der Waals surface area contributed by atoms with Crippen LogP contribution < -0.4 is 15.8 Å². The van der Waals surface area contributed by atoms with E-state index in [2.05, 4.69) is 5.32 Å². The second-order valence-electron chi connectivity index (χ2n) is 4.57. The fourth-order valence-corrected chi connectivity index (χ4v) is 1.98. The van der Waals surface area contributed by atoms with Crippen molar-refractivity contribution in [2.75, 3.05) is 17.7 Å². The van der Waals surface area contributed by atoms with Gasteiger partial charge in [-0.1, -0.05) is 24.6 Å². The topological polar surface area (TPSA) is 64.3 Å². The first-order valence-electron chi connectivity index (χ1n) is 6.69. The molecule has 0 radical (unpaired) electrons. The molecular formula is C16H17ClN2O2. The molecule has 0 saturated heterocycles. The van der Waals surface area contributed by atoms with E-state index in [1.807, 2.05) is 6.92 Å². The van der Waals surface area contributed by atoms with Gasteiger partial charge >= 0.3 is 0 Å². The number of nitrogen functional groups attached to an aromatic ring is 1. The van der Waals surface area contributed by atoms with Crippen LogP contribution in [0, 0.1) is 0 Å². The minimum atomic E-state index is -0.258. The van der Waals surface area contributed by atoms with E-state index < -0.39 is 0 Å². The zero-order valence-corrected chi connectivity index (χ0v) is 12.5.